The summed E-state index contributed by atoms with van der Waals surface area (Å²) >= 11 is 5.78. The fraction of sp³-hybridized carbons (Fsp3) is 0.188. The van der Waals surface area contributed by atoms with Crippen molar-refractivity contribution in [1.29, 1.82) is 0 Å². The number of fused-ring (bicyclic) bond motifs is 1. The molecule has 1 unspecified atom stereocenters. The smallest absolute Gasteiger partial charge is 0.170 e. The number of carbonyl (C=O) groups is 1. The van der Waals surface area contributed by atoms with Crippen LogP contribution in [0, 0.1) is 5.82 Å². The average molecular weight is 307 g/mol. The Labute approximate surface area is 126 Å². The van der Waals surface area contributed by atoms with Gasteiger partial charge in [-0.05, 0) is 29.8 Å². The van der Waals surface area contributed by atoms with Crippen molar-refractivity contribution in [3.63, 3.8) is 0 Å². The van der Waals surface area contributed by atoms with Gasteiger partial charge in [0, 0.05) is 6.07 Å². The van der Waals surface area contributed by atoms with Crippen LogP contribution in [-0.2, 0) is 0 Å². The standard InChI is InChI=1S/C16H12ClFO3/c1-20-10-3-4-11-14(19)8-15(21-16(11)7-10)9-2-5-13(18)12(17)6-9/h2-7,15H,8H2,1H3. The third kappa shape index (κ3) is 2.59. The molecule has 5 heteroatoms. The summed E-state index contributed by atoms with van der Waals surface area (Å²) in [6.45, 7) is 0. The molecule has 108 valence electrons. The lowest BCUT2D eigenvalue weighted by molar-refractivity contribution is 0.0849. The molecule has 0 fully saturated rings. The molecule has 0 radical (unpaired) electrons. The van der Waals surface area contributed by atoms with Crippen LogP contribution in [0.2, 0.25) is 5.02 Å². The van der Waals surface area contributed by atoms with E-state index in [0.29, 0.717) is 22.6 Å². The van der Waals surface area contributed by atoms with Gasteiger partial charge in [-0.2, -0.15) is 0 Å². The lowest BCUT2D eigenvalue weighted by Crippen LogP contribution is -2.20. The Balaban J connectivity index is 1.96. The monoisotopic (exact) mass is 306 g/mol. The first-order chi connectivity index (χ1) is 10.1. The van der Waals surface area contributed by atoms with Crippen LogP contribution in [0.3, 0.4) is 0 Å². The molecule has 0 saturated heterocycles. The van der Waals surface area contributed by atoms with Crippen molar-refractivity contribution in [2.45, 2.75) is 12.5 Å². The van der Waals surface area contributed by atoms with E-state index in [1.54, 1.807) is 31.4 Å². The first-order valence-electron chi connectivity index (χ1n) is 6.41. The zero-order valence-electron chi connectivity index (χ0n) is 11.2. The number of hydrogen-bond acceptors (Lipinski definition) is 3. The molecule has 3 rings (SSSR count). The van der Waals surface area contributed by atoms with Crippen LogP contribution in [-0.4, -0.2) is 12.9 Å². The minimum absolute atomic E-state index is 0.0139. The first kappa shape index (κ1) is 13.9. The Morgan fingerprint density at radius 3 is 2.81 bits per heavy atom. The number of carbonyl (C=O) groups excluding carboxylic acids is 1. The van der Waals surface area contributed by atoms with Crippen LogP contribution in [0.4, 0.5) is 4.39 Å². The number of Topliss-reactive ketones (excluding diaryl/α,β-unsaturated/α-hetero) is 1. The van der Waals surface area contributed by atoms with Crippen LogP contribution < -0.4 is 9.47 Å². The molecule has 0 saturated carbocycles. The third-order valence-corrected chi connectivity index (χ3v) is 3.73. The highest BCUT2D eigenvalue weighted by Gasteiger charge is 2.28. The molecule has 1 aliphatic heterocycles. The summed E-state index contributed by atoms with van der Waals surface area (Å²) in [5.41, 5.74) is 1.20. The molecule has 0 N–H and O–H groups in total. The van der Waals surface area contributed by atoms with Crippen molar-refractivity contribution in [3.05, 3.63) is 58.4 Å². The minimum Gasteiger partial charge on any atom is -0.497 e. The predicted molar refractivity (Wildman–Crippen MR) is 76.7 cm³/mol. The van der Waals surface area contributed by atoms with Gasteiger partial charge in [-0.25, -0.2) is 4.39 Å². The summed E-state index contributed by atoms with van der Waals surface area (Å²) in [4.78, 5) is 12.2. The molecule has 2 aromatic carbocycles. The third-order valence-electron chi connectivity index (χ3n) is 3.44. The second-order valence-corrected chi connectivity index (χ2v) is 5.18. The Morgan fingerprint density at radius 2 is 2.10 bits per heavy atom. The summed E-state index contributed by atoms with van der Waals surface area (Å²) in [6.07, 6.45) is -0.281. The Kier molecular flexibility index (Phi) is 3.55. The van der Waals surface area contributed by atoms with E-state index in [2.05, 4.69) is 0 Å². The molecule has 1 heterocycles. The molecular weight excluding hydrogens is 295 g/mol. The fourth-order valence-electron chi connectivity index (χ4n) is 2.33. The molecule has 2 aromatic rings. The van der Waals surface area contributed by atoms with Gasteiger partial charge in [-0.1, -0.05) is 17.7 Å². The van der Waals surface area contributed by atoms with E-state index in [4.69, 9.17) is 21.1 Å². The molecule has 21 heavy (non-hydrogen) atoms. The summed E-state index contributed by atoms with van der Waals surface area (Å²) in [7, 11) is 1.55. The van der Waals surface area contributed by atoms with E-state index in [1.165, 1.54) is 12.1 Å². The van der Waals surface area contributed by atoms with Crippen molar-refractivity contribution in [3.8, 4) is 11.5 Å². The normalized spacial score (nSPS) is 17.1. The van der Waals surface area contributed by atoms with E-state index in [0.717, 1.165) is 0 Å². The number of rotatable bonds is 2. The van der Waals surface area contributed by atoms with Gasteiger partial charge in [0.1, 0.15) is 23.4 Å². The minimum atomic E-state index is -0.496. The number of ether oxygens (including phenoxy) is 2. The van der Waals surface area contributed by atoms with Gasteiger partial charge in [-0.15, -0.1) is 0 Å². The molecule has 1 aliphatic rings. The van der Waals surface area contributed by atoms with Crippen molar-refractivity contribution in [2.24, 2.45) is 0 Å². The summed E-state index contributed by atoms with van der Waals surface area (Å²) in [6, 6.07) is 9.40. The number of halogens is 2. The molecule has 0 aliphatic carbocycles. The molecule has 0 aromatic heterocycles. The van der Waals surface area contributed by atoms with E-state index < -0.39 is 11.9 Å². The van der Waals surface area contributed by atoms with Gasteiger partial charge in [0.05, 0.1) is 24.1 Å². The van der Waals surface area contributed by atoms with Gasteiger partial charge < -0.3 is 9.47 Å². The van der Waals surface area contributed by atoms with Crippen molar-refractivity contribution in [1.82, 2.24) is 0 Å². The lowest BCUT2D eigenvalue weighted by Gasteiger charge is -2.26. The number of ketones is 1. The highest BCUT2D eigenvalue weighted by Crippen LogP contribution is 2.37. The fourth-order valence-corrected chi connectivity index (χ4v) is 2.52. The quantitative estimate of drug-likeness (QED) is 0.834. The molecule has 0 spiro atoms. The number of benzene rings is 2. The van der Waals surface area contributed by atoms with Gasteiger partial charge >= 0.3 is 0 Å². The maximum absolute atomic E-state index is 13.2. The Bertz CT molecular complexity index is 715. The molecule has 0 amide bonds. The zero-order valence-corrected chi connectivity index (χ0v) is 12.0. The van der Waals surface area contributed by atoms with Crippen LogP contribution in [0.5, 0.6) is 11.5 Å². The highest BCUT2D eigenvalue weighted by molar-refractivity contribution is 6.30. The van der Waals surface area contributed by atoms with E-state index >= 15 is 0 Å². The number of methoxy groups -OCH3 is 1. The Hall–Kier alpha value is -2.07. The Morgan fingerprint density at radius 1 is 1.29 bits per heavy atom. The zero-order chi connectivity index (χ0) is 15.0. The second kappa shape index (κ2) is 5.37. The van der Waals surface area contributed by atoms with E-state index in [1.807, 2.05) is 0 Å². The molecule has 0 bridgehead atoms. The second-order valence-electron chi connectivity index (χ2n) is 4.77. The lowest BCUT2D eigenvalue weighted by atomic mass is 9.96. The largest absolute Gasteiger partial charge is 0.497 e. The summed E-state index contributed by atoms with van der Waals surface area (Å²) in [5.74, 6) is 0.560. The molecular formula is C16H12ClFO3. The maximum Gasteiger partial charge on any atom is 0.170 e. The van der Waals surface area contributed by atoms with Crippen LogP contribution in [0.1, 0.15) is 28.4 Å². The average Bonchev–Trinajstić information content (AvgIpc) is 2.49. The van der Waals surface area contributed by atoms with Crippen molar-refractivity contribution in [2.75, 3.05) is 7.11 Å². The van der Waals surface area contributed by atoms with Crippen LogP contribution >= 0.6 is 11.6 Å². The van der Waals surface area contributed by atoms with Crippen molar-refractivity contribution >= 4 is 17.4 Å². The van der Waals surface area contributed by atoms with Crippen molar-refractivity contribution < 1.29 is 18.7 Å². The molecule has 3 nitrogen and oxygen atoms in total. The van der Waals surface area contributed by atoms with Gasteiger partial charge in [0.2, 0.25) is 0 Å². The van der Waals surface area contributed by atoms with Crippen LogP contribution in [0.15, 0.2) is 36.4 Å². The highest BCUT2D eigenvalue weighted by atomic mass is 35.5. The summed E-state index contributed by atoms with van der Waals surface area (Å²) in [5, 5.41) is 0.0139. The molecule has 1 atom stereocenters. The number of hydrogen-bond donors (Lipinski definition) is 0. The topological polar surface area (TPSA) is 35.5 Å². The van der Waals surface area contributed by atoms with E-state index in [-0.39, 0.29) is 17.2 Å². The van der Waals surface area contributed by atoms with Crippen LogP contribution in [0.25, 0.3) is 0 Å². The first-order valence-corrected chi connectivity index (χ1v) is 6.79. The predicted octanol–water partition coefficient (Wildman–Crippen LogP) is 4.19. The van der Waals surface area contributed by atoms with E-state index in [9.17, 15) is 9.18 Å². The summed E-state index contributed by atoms with van der Waals surface area (Å²) < 4.78 is 24.2. The van der Waals surface area contributed by atoms with Gasteiger partial charge in [-0.3, -0.25) is 4.79 Å². The van der Waals surface area contributed by atoms with Gasteiger partial charge in [0.15, 0.2) is 5.78 Å². The van der Waals surface area contributed by atoms with Gasteiger partial charge in [0.25, 0.3) is 0 Å². The maximum atomic E-state index is 13.2. The SMILES string of the molecule is COc1ccc2c(c1)OC(c1ccc(F)c(Cl)c1)CC2=O.